The fourth-order valence-corrected chi connectivity index (χ4v) is 1.44. The van der Waals surface area contributed by atoms with Crippen LogP contribution in [0.1, 0.15) is 5.56 Å². The summed E-state index contributed by atoms with van der Waals surface area (Å²) < 4.78 is 0. The second-order valence-corrected chi connectivity index (χ2v) is 3.01. The van der Waals surface area contributed by atoms with Gasteiger partial charge in [0.2, 0.25) is 0 Å². The maximum Gasteiger partial charge on any atom is 0.322 e. The lowest BCUT2D eigenvalue weighted by molar-refractivity contribution is 0.264. The minimum atomic E-state index is -0.496. The molecule has 1 aliphatic rings. The van der Waals surface area contributed by atoms with Gasteiger partial charge in [-0.2, -0.15) is 0 Å². The molecule has 1 aliphatic heterocycles. The van der Waals surface area contributed by atoms with Gasteiger partial charge in [0.1, 0.15) is 5.82 Å². The van der Waals surface area contributed by atoms with Crippen LogP contribution >= 0.6 is 11.6 Å². The highest BCUT2D eigenvalue weighted by molar-refractivity contribution is 6.66. The molecule has 0 spiro atoms. The Balaban J connectivity index is 2.49. The molecule has 1 amide bonds. The minimum Gasteiger partial charge on any atom is -0.279 e. The highest BCUT2D eigenvalue weighted by Gasteiger charge is 2.18. The Morgan fingerprint density at radius 3 is 3.23 bits per heavy atom. The summed E-state index contributed by atoms with van der Waals surface area (Å²) in [6.07, 6.45) is 5.45. The van der Waals surface area contributed by atoms with E-state index in [4.69, 9.17) is 11.6 Å². The normalized spacial score (nSPS) is 14.1. The van der Waals surface area contributed by atoms with Crippen molar-refractivity contribution in [3.8, 4) is 0 Å². The van der Waals surface area contributed by atoms with Gasteiger partial charge in [-0.3, -0.25) is 9.69 Å². The Hall–Kier alpha value is -1.35. The molecule has 0 saturated carbocycles. The molecule has 0 aromatic carbocycles. The quantitative estimate of drug-likeness (QED) is 0.469. The highest BCUT2D eigenvalue weighted by atomic mass is 35.5. The molecular weight excluding hydrogens is 188 g/mol. The van der Waals surface area contributed by atoms with E-state index in [9.17, 15) is 4.79 Å². The van der Waals surface area contributed by atoms with Crippen molar-refractivity contribution in [2.24, 2.45) is 0 Å². The van der Waals surface area contributed by atoms with Crippen molar-refractivity contribution < 1.29 is 4.79 Å². The van der Waals surface area contributed by atoms with Gasteiger partial charge in [0.25, 0.3) is 0 Å². The molecule has 1 aromatic rings. The molecule has 0 atom stereocenters. The molecule has 66 valence electrons. The van der Waals surface area contributed by atoms with Crippen molar-refractivity contribution in [3.05, 3.63) is 30.0 Å². The van der Waals surface area contributed by atoms with Gasteiger partial charge >= 0.3 is 5.37 Å². The fraction of sp³-hybridized carbons (Fsp3) is 0.111. The van der Waals surface area contributed by atoms with E-state index in [-0.39, 0.29) is 0 Å². The first-order chi connectivity index (χ1) is 6.29. The van der Waals surface area contributed by atoms with Crippen molar-refractivity contribution in [1.29, 1.82) is 0 Å². The van der Waals surface area contributed by atoms with Gasteiger partial charge in [-0.15, -0.1) is 0 Å². The molecule has 0 aliphatic carbocycles. The van der Waals surface area contributed by atoms with Gasteiger partial charge in [0.15, 0.2) is 0 Å². The number of fused-ring (bicyclic) bond motifs is 1. The van der Waals surface area contributed by atoms with E-state index in [1.807, 2.05) is 24.3 Å². The van der Waals surface area contributed by atoms with Crippen molar-refractivity contribution in [1.82, 2.24) is 4.98 Å². The first-order valence-electron chi connectivity index (χ1n) is 3.87. The summed E-state index contributed by atoms with van der Waals surface area (Å²) in [4.78, 5) is 16.5. The molecule has 0 N–H and O–H groups in total. The number of rotatable bonds is 0. The zero-order valence-corrected chi connectivity index (χ0v) is 7.53. The Morgan fingerprint density at radius 1 is 1.62 bits per heavy atom. The lowest BCUT2D eigenvalue weighted by Gasteiger charge is -2.21. The predicted octanol–water partition coefficient (Wildman–Crippen LogP) is 2.27. The van der Waals surface area contributed by atoms with Gasteiger partial charge in [-0.05, 0) is 23.7 Å². The van der Waals surface area contributed by atoms with Crippen LogP contribution in [-0.2, 0) is 0 Å². The summed E-state index contributed by atoms with van der Waals surface area (Å²) in [7, 11) is 0. The number of pyridine rings is 1. The van der Waals surface area contributed by atoms with Crippen molar-refractivity contribution in [2.75, 3.05) is 11.4 Å². The summed E-state index contributed by atoms with van der Waals surface area (Å²) in [5, 5.41) is -0.496. The molecule has 0 fully saturated rings. The first kappa shape index (κ1) is 8.26. The van der Waals surface area contributed by atoms with E-state index < -0.39 is 5.37 Å². The molecular formula is C9H7ClN2O. The van der Waals surface area contributed by atoms with Crippen LogP contribution in [0.2, 0.25) is 0 Å². The molecule has 2 rings (SSSR count). The Morgan fingerprint density at radius 2 is 2.46 bits per heavy atom. The first-order valence-corrected chi connectivity index (χ1v) is 4.25. The highest BCUT2D eigenvalue weighted by Crippen LogP contribution is 2.23. The van der Waals surface area contributed by atoms with E-state index in [2.05, 4.69) is 4.98 Å². The second kappa shape index (κ2) is 3.18. The molecule has 13 heavy (non-hydrogen) atoms. The average molecular weight is 195 g/mol. The van der Waals surface area contributed by atoms with Gasteiger partial charge in [0, 0.05) is 18.3 Å². The lowest BCUT2D eigenvalue weighted by Crippen LogP contribution is -2.29. The smallest absolute Gasteiger partial charge is 0.279 e. The van der Waals surface area contributed by atoms with E-state index in [1.165, 1.54) is 4.90 Å². The largest absolute Gasteiger partial charge is 0.322 e. The standard InChI is InChI=1S/C9H7ClN2O/c10-9(13)12-6-2-4-7-3-1-5-11-8(7)12/h1-5H,6H2. The topological polar surface area (TPSA) is 33.2 Å². The van der Waals surface area contributed by atoms with Gasteiger partial charge < -0.3 is 0 Å². The summed E-state index contributed by atoms with van der Waals surface area (Å²) in [6.45, 7) is 0.492. The maximum absolute atomic E-state index is 11.0. The van der Waals surface area contributed by atoms with E-state index in [1.54, 1.807) is 6.20 Å². The van der Waals surface area contributed by atoms with Gasteiger partial charge in [-0.1, -0.05) is 12.2 Å². The average Bonchev–Trinajstić information content (AvgIpc) is 2.17. The predicted molar refractivity (Wildman–Crippen MR) is 51.9 cm³/mol. The Kier molecular flexibility index (Phi) is 2.02. The van der Waals surface area contributed by atoms with Crippen molar-refractivity contribution in [3.63, 3.8) is 0 Å². The summed E-state index contributed by atoms with van der Waals surface area (Å²) in [5.74, 6) is 0.630. The van der Waals surface area contributed by atoms with Crippen LogP contribution in [0.25, 0.3) is 6.08 Å². The van der Waals surface area contributed by atoms with Crippen LogP contribution < -0.4 is 4.90 Å². The number of nitrogens with zero attached hydrogens (tertiary/aromatic N) is 2. The summed E-state index contributed by atoms with van der Waals surface area (Å²) in [6, 6.07) is 3.72. The summed E-state index contributed by atoms with van der Waals surface area (Å²) in [5.41, 5.74) is 0.919. The third-order valence-corrected chi connectivity index (χ3v) is 2.07. The zero-order chi connectivity index (χ0) is 9.26. The van der Waals surface area contributed by atoms with E-state index in [0.717, 1.165) is 5.56 Å². The van der Waals surface area contributed by atoms with Crippen LogP contribution in [0.3, 0.4) is 0 Å². The number of aromatic nitrogens is 1. The molecule has 3 nitrogen and oxygen atoms in total. The SMILES string of the molecule is O=C(Cl)N1CC=Cc2cccnc21. The molecule has 0 bridgehead atoms. The zero-order valence-electron chi connectivity index (χ0n) is 6.77. The van der Waals surface area contributed by atoms with Gasteiger partial charge in [-0.25, -0.2) is 4.98 Å². The summed E-state index contributed by atoms with van der Waals surface area (Å²) >= 11 is 5.40. The van der Waals surface area contributed by atoms with Gasteiger partial charge in [0.05, 0.1) is 0 Å². The molecule has 1 aromatic heterocycles. The Labute approximate surface area is 80.6 Å². The van der Waals surface area contributed by atoms with E-state index >= 15 is 0 Å². The number of carbonyl (C=O) groups excluding carboxylic acids is 1. The van der Waals surface area contributed by atoms with Crippen LogP contribution in [0.4, 0.5) is 10.6 Å². The Bertz CT molecular complexity index is 376. The second-order valence-electron chi connectivity index (χ2n) is 2.68. The number of halogens is 1. The molecule has 4 heteroatoms. The molecule has 2 heterocycles. The molecule has 0 radical (unpaired) electrons. The number of carbonyl (C=O) groups is 1. The van der Waals surface area contributed by atoms with E-state index in [0.29, 0.717) is 12.4 Å². The number of amides is 1. The third kappa shape index (κ3) is 1.42. The maximum atomic E-state index is 11.0. The lowest BCUT2D eigenvalue weighted by atomic mass is 10.2. The van der Waals surface area contributed by atoms with Crippen molar-refractivity contribution in [2.45, 2.75) is 0 Å². The third-order valence-electron chi connectivity index (χ3n) is 1.87. The van der Waals surface area contributed by atoms with Crippen LogP contribution in [0.15, 0.2) is 24.4 Å². The number of hydrogen-bond acceptors (Lipinski definition) is 2. The number of anilines is 1. The minimum absolute atomic E-state index is 0.492. The van der Waals surface area contributed by atoms with Crippen molar-refractivity contribution >= 4 is 28.9 Å². The molecule has 0 saturated heterocycles. The van der Waals surface area contributed by atoms with Crippen LogP contribution in [0.5, 0.6) is 0 Å². The van der Waals surface area contributed by atoms with Crippen LogP contribution in [0, 0.1) is 0 Å². The number of hydrogen-bond donors (Lipinski definition) is 0. The fourth-order valence-electron chi connectivity index (χ4n) is 1.29. The molecule has 0 unspecified atom stereocenters. The monoisotopic (exact) mass is 194 g/mol. The van der Waals surface area contributed by atoms with Crippen LogP contribution in [-0.4, -0.2) is 16.9 Å².